The first kappa shape index (κ1) is 11.5. The third-order valence-electron chi connectivity index (χ3n) is 3.15. The van der Waals surface area contributed by atoms with Crippen LogP contribution in [0.15, 0.2) is 54.9 Å². The maximum atomic E-state index is 5.97. The van der Waals surface area contributed by atoms with Crippen LogP contribution < -0.4 is 11.1 Å². The quantitative estimate of drug-likeness (QED) is 0.678. The highest BCUT2D eigenvalue weighted by molar-refractivity contribution is 6.01. The Kier molecular flexibility index (Phi) is 2.80. The Hall–Kier alpha value is -2.55. The summed E-state index contributed by atoms with van der Waals surface area (Å²) in [7, 11) is 0. The summed E-state index contributed by atoms with van der Waals surface area (Å²) in [5, 5.41) is 5.48. The van der Waals surface area contributed by atoms with E-state index in [0.29, 0.717) is 0 Å². The second-order valence-corrected chi connectivity index (χ2v) is 4.62. The van der Waals surface area contributed by atoms with Crippen LogP contribution in [-0.2, 0) is 0 Å². The normalized spacial score (nSPS) is 10.6. The Morgan fingerprint density at radius 2 is 1.95 bits per heavy atom. The third-order valence-corrected chi connectivity index (χ3v) is 3.15. The van der Waals surface area contributed by atoms with E-state index in [1.54, 1.807) is 12.4 Å². The molecule has 0 radical (unpaired) electrons. The van der Waals surface area contributed by atoms with E-state index in [0.717, 1.165) is 27.8 Å². The van der Waals surface area contributed by atoms with E-state index in [-0.39, 0.29) is 0 Å². The summed E-state index contributed by atoms with van der Waals surface area (Å²) in [6.45, 7) is 2.08. The summed E-state index contributed by atoms with van der Waals surface area (Å²) in [4.78, 5) is 4.13. The molecule has 0 aliphatic heterocycles. The third kappa shape index (κ3) is 2.22. The number of nitrogen functional groups attached to an aromatic ring is 1. The molecule has 0 unspecified atom stereocenters. The van der Waals surface area contributed by atoms with Crippen LogP contribution in [0.5, 0.6) is 0 Å². The van der Waals surface area contributed by atoms with Gasteiger partial charge in [-0.15, -0.1) is 0 Å². The molecule has 0 bridgehead atoms. The lowest BCUT2D eigenvalue weighted by Crippen LogP contribution is -1.94. The molecular formula is C16H15N3. The number of fused-ring (bicyclic) bond motifs is 1. The van der Waals surface area contributed by atoms with Crippen LogP contribution in [0.2, 0.25) is 0 Å². The first-order valence-electron chi connectivity index (χ1n) is 6.20. The van der Waals surface area contributed by atoms with Gasteiger partial charge in [0.15, 0.2) is 0 Å². The van der Waals surface area contributed by atoms with Crippen molar-refractivity contribution in [2.24, 2.45) is 0 Å². The lowest BCUT2D eigenvalue weighted by Gasteiger charge is -2.11. The van der Waals surface area contributed by atoms with E-state index in [4.69, 9.17) is 5.73 Å². The molecule has 3 nitrogen and oxygen atoms in total. The van der Waals surface area contributed by atoms with E-state index in [1.165, 1.54) is 5.56 Å². The van der Waals surface area contributed by atoms with Crippen LogP contribution in [0.1, 0.15) is 5.56 Å². The summed E-state index contributed by atoms with van der Waals surface area (Å²) in [5.74, 6) is 0. The zero-order valence-corrected chi connectivity index (χ0v) is 10.7. The largest absolute Gasteiger partial charge is 0.398 e. The van der Waals surface area contributed by atoms with Crippen LogP contribution in [-0.4, -0.2) is 4.98 Å². The fraction of sp³-hybridized carbons (Fsp3) is 0.0625. The van der Waals surface area contributed by atoms with Crippen molar-refractivity contribution < 1.29 is 0 Å². The Morgan fingerprint density at radius 1 is 1.05 bits per heavy atom. The lowest BCUT2D eigenvalue weighted by molar-refractivity contribution is 1.36. The molecule has 3 aromatic rings. The van der Waals surface area contributed by atoms with E-state index in [1.807, 2.05) is 24.3 Å². The number of nitrogens with two attached hydrogens (primary N) is 1. The summed E-state index contributed by atoms with van der Waals surface area (Å²) in [6.07, 6.45) is 3.58. The Bertz CT molecular complexity index is 735. The monoisotopic (exact) mass is 249 g/mol. The standard InChI is InChI=1S/C16H15N3/c1-11-3-2-4-12(9-11)19-16-6-5-15(17)14-10-18-8-7-13(14)16/h2-10,19H,17H2,1H3. The van der Waals surface area contributed by atoms with Gasteiger partial charge in [-0.3, -0.25) is 4.98 Å². The summed E-state index contributed by atoms with van der Waals surface area (Å²) < 4.78 is 0. The van der Waals surface area contributed by atoms with E-state index in [2.05, 4.69) is 35.4 Å². The molecule has 3 rings (SSSR count). The average molecular weight is 249 g/mol. The number of pyridine rings is 1. The van der Waals surface area contributed by atoms with E-state index in [9.17, 15) is 0 Å². The lowest BCUT2D eigenvalue weighted by atomic mass is 10.1. The van der Waals surface area contributed by atoms with Crippen molar-refractivity contribution in [2.75, 3.05) is 11.1 Å². The molecule has 0 aliphatic rings. The number of nitrogens with zero attached hydrogens (tertiary/aromatic N) is 1. The van der Waals surface area contributed by atoms with Gasteiger partial charge in [-0.1, -0.05) is 12.1 Å². The van der Waals surface area contributed by atoms with Gasteiger partial charge >= 0.3 is 0 Å². The molecule has 1 aromatic heterocycles. The molecule has 0 amide bonds. The van der Waals surface area contributed by atoms with Gasteiger partial charge < -0.3 is 11.1 Å². The first-order valence-corrected chi connectivity index (χ1v) is 6.20. The molecule has 3 heteroatoms. The highest BCUT2D eigenvalue weighted by Crippen LogP contribution is 2.29. The minimum absolute atomic E-state index is 0.748. The van der Waals surface area contributed by atoms with Crippen molar-refractivity contribution in [2.45, 2.75) is 6.92 Å². The van der Waals surface area contributed by atoms with Crippen LogP contribution in [0.4, 0.5) is 17.1 Å². The molecule has 2 aromatic carbocycles. The summed E-state index contributed by atoms with van der Waals surface area (Å²) in [6, 6.07) is 14.2. The summed E-state index contributed by atoms with van der Waals surface area (Å²) >= 11 is 0. The predicted molar refractivity (Wildman–Crippen MR) is 80.6 cm³/mol. The predicted octanol–water partition coefficient (Wildman–Crippen LogP) is 3.87. The molecule has 94 valence electrons. The summed E-state index contributed by atoms with van der Waals surface area (Å²) in [5.41, 5.74) is 10.1. The zero-order chi connectivity index (χ0) is 13.2. The highest BCUT2D eigenvalue weighted by Gasteiger charge is 2.04. The van der Waals surface area contributed by atoms with E-state index < -0.39 is 0 Å². The van der Waals surface area contributed by atoms with Crippen molar-refractivity contribution in [1.29, 1.82) is 0 Å². The van der Waals surface area contributed by atoms with Gasteiger partial charge in [0, 0.05) is 40.2 Å². The number of benzene rings is 2. The van der Waals surface area contributed by atoms with Gasteiger partial charge in [0.2, 0.25) is 0 Å². The number of hydrogen-bond acceptors (Lipinski definition) is 3. The molecule has 0 saturated heterocycles. The van der Waals surface area contributed by atoms with Gasteiger partial charge in [-0.05, 0) is 42.8 Å². The van der Waals surface area contributed by atoms with Crippen molar-refractivity contribution in [1.82, 2.24) is 4.98 Å². The molecule has 0 spiro atoms. The number of nitrogens with one attached hydrogen (secondary N) is 1. The smallest absolute Gasteiger partial charge is 0.0466 e. The second kappa shape index (κ2) is 4.61. The minimum atomic E-state index is 0.748. The second-order valence-electron chi connectivity index (χ2n) is 4.62. The molecule has 0 saturated carbocycles. The number of aryl methyl sites for hydroxylation is 1. The van der Waals surface area contributed by atoms with Crippen LogP contribution in [0.25, 0.3) is 10.8 Å². The van der Waals surface area contributed by atoms with Crippen LogP contribution in [0.3, 0.4) is 0 Å². The molecule has 1 heterocycles. The SMILES string of the molecule is Cc1cccc(Nc2ccc(N)c3cnccc23)c1. The maximum absolute atomic E-state index is 5.97. The molecule has 0 aliphatic carbocycles. The Balaban J connectivity index is 2.09. The van der Waals surface area contributed by atoms with Crippen molar-refractivity contribution in [3.05, 3.63) is 60.4 Å². The Labute approximate surface area is 112 Å². The maximum Gasteiger partial charge on any atom is 0.0466 e. The molecule has 3 N–H and O–H groups in total. The number of hydrogen-bond donors (Lipinski definition) is 2. The van der Waals surface area contributed by atoms with Gasteiger partial charge in [-0.2, -0.15) is 0 Å². The fourth-order valence-corrected chi connectivity index (χ4v) is 2.20. The van der Waals surface area contributed by atoms with Gasteiger partial charge in [0.1, 0.15) is 0 Å². The molecule has 19 heavy (non-hydrogen) atoms. The molecular weight excluding hydrogens is 234 g/mol. The molecule has 0 atom stereocenters. The van der Waals surface area contributed by atoms with Gasteiger partial charge in [-0.25, -0.2) is 0 Å². The first-order chi connectivity index (χ1) is 9.24. The average Bonchev–Trinajstić information content (AvgIpc) is 2.42. The topological polar surface area (TPSA) is 50.9 Å². The number of aromatic nitrogens is 1. The van der Waals surface area contributed by atoms with Crippen LogP contribution >= 0.6 is 0 Å². The fourth-order valence-electron chi connectivity index (χ4n) is 2.20. The highest BCUT2D eigenvalue weighted by atomic mass is 14.9. The molecule has 0 fully saturated rings. The van der Waals surface area contributed by atoms with Crippen molar-refractivity contribution >= 4 is 27.8 Å². The number of rotatable bonds is 2. The van der Waals surface area contributed by atoms with Crippen molar-refractivity contribution in [3.63, 3.8) is 0 Å². The van der Waals surface area contributed by atoms with E-state index >= 15 is 0 Å². The Morgan fingerprint density at radius 3 is 2.79 bits per heavy atom. The minimum Gasteiger partial charge on any atom is -0.398 e. The van der Waals surface area contributed by atoms with Gasteiger partial charge in [0.25, 0.3) is 0 Å². The number of anilines is 3. The van der Waals surface area contributed by atoms with Crippen molar-refractivity contribution in [3.8, 4) is 0 Å². The van der Waals surface area contributed by atoms with Crippen LogP contribution in [0, 0.1) is 6.92 Å². The van der Waals surface area contributed by atoms with Gasteiger partial charge in [0.05, 0.1) is 0 Å². The zero-order valence-electron chi connectivity index (χ0n) is 10.7.